The second-order valence-electron chi connectivity index (χ2n) is 3.55. The molecule has 0 N–H and O–H groups in total. The van der Waals surface area contributed by atoms with Crippen molar-refractivity contribution in [2.75, 3.05) is 0 Å². The maximum Gasteiger partial charge on any atom is 0.226 e. The molecule has 0 aliphatic rings. The van der Waals surface area contributed by atoms with Crippen LogP contribution < -0.4 is 0 Å². The zero-order valence-electron chi connectivity index (χ0n) is 8.70. The first kappa shape index (κ1) is 10.7. The molecule has 1 heterocycles. The van der Waals surface area contributed by atoms with Crippen molar-refractivity contribution in [1.82, 2.24) is 4.57 Å². The van der Waals surface area contributed by atoms with Crippen LogP contribution in [0.2, 0.25) is 0 Å². The van der Waals surface area contributed by atoms with Crippen molar-refractivity contribution in [3.05, 3.63) is 35.5 Å². The normalized spacial score (nSPS) is 10.3. The lowest BCUT2D eigenvalue weighted by Crippen LogP contribution is -1.98. The lowest BCUT2D eigenvalue weighted by molar-refractivity contribution is -0.111. The standard InChI is InChI=1S/C12H9ClN2O/c1-15-10-5-3-2-4-8(10)9(6-12(13)16)11(15)7-14/h2-5H,6H2,1H3. The van der Waals surface area contributed by atoms with Gasteiger partial charge < -0.3 is 4.57 Å². The van der Waals surface area contributed by atoms with E-state index in [0.29, 0.717) is 11.3 Å². The first-order valence-corrected chi connectivity index (χ1v) is 5.17. The van der Waals surface area contributed by atoms with Crippen LogP contribution in [0.5, 0.6) is 0 Å². The molecule has 1 aromatic heterocycles. The van der Waals surface area contributed by atoms with Gasteiger partial charge in [-0.05, 0) is 17.7 Å². The number of nitriles is 1. The quantitative estimate of drug-likeness (QED) is 0.747. The number of aryl methyl sites for hydroxylation is 1. The summed E-state index contributed by atoms with van der Waals surface area (Å²) in [4.78, 5) is 11.0. The minimum Gasteiger partial charge on any atom is -0.335 e. The van der Waals surface area contributed by atoms with E-state index in [1.54, 1.807) is 4.57 Å². The van der Waals surface area contributed by atoms with Crippen LogP contribution in [-0.2, 0) is 18.3 Å². The Hall–Kier alpha value is -1.79. The Morgan fingerprint density at radius 2 is 2.19 bits per heavy atom. The first-order valence-electron chi connectivity index (χ1n) is 4.80. The predicted octanol–water partition coefficient (Wildman–Crippen LogP) is 2.36. The number of fused-ring (bicyclic) bond motifs is 1. The summed E-state index contributed by atoms with van der Waals surface area (Å²) in [7, 11) is 1.81. The molecule has 0 unspecified atom stereocenters. The fourth-order valence-corrected chi connectivity index (χ4v) is 2.07. The number of hydrogen-bond acceptors (Lipinski definition) is 2. The van der Waals surface area contributed by atoms with Gasteiger partial charge in [-0.25, -0.2) is 0 Å². The van der Waals surface area contributed by atoms with Crippen molar-refractivity contribution < 1.29 is 4.79 Å². The van der Waals surface area contributed by atoms with Gasteiger partial charge in [0.1, 0.15) is 11.8 Å². The van der Waals surface area contributed by atoms with Crippen molar-refractivity contribution in [3.8, 4) is 6.07 Å². The lowest BCUT2D eigenvalue weighted by Gasteiger charge is -1.95. The number of benzene rings is 1. The van der Waals surface area contributed by atoms with Gasteiger partial charge in [-0.3, -0.25) is 4.79 Å². The Labute approximate surface area is 97.8 Å². The fourth-order valence-electron chi connectivity index (χ4n) is 1.93. The second-order valence-corrected chi connectivity index (χ2v) is 3.97. The molecule has 0 amide bonds. The van der Waals surface area contributed by atoms with Crippen LogP contribution in [0.15, 0.2) is 24.3 Å². The SMILES string of the molecule is Cn1c(C#N)c(CC(=O)Cl)c2ccccc21. The predicted molar refractivity (Wildman–Crippen MR) is 62.2 cm³/mol. The number of carbonyl (C=O) groups excluding carboxylic acids is 1. The third-order valence-corrected chi connectivity index (χ3v) is 2.77. The van der Waals surface area contributed by atoms with Gasteiger partial charge in [0.2, 0.25) is 5.24 Å². The zero-order chi connectivity index (χ0) is 11.7. The molecule has 0 radical (unpaired) electrons. The third kappa shape index (κ3) is 1.58. The summed E-state index contributed by atoms with van der Waals surface area (Å²) in [5, 5.41) is 9.55. The number of hydrogen-bond donors (Lipinski definition) is 0. The van der Waals surface area contributed by atoms with Gasteiger partial charge in [-0.15, -0.1) is 0 Å². The van der Waals surface area contributed by atoms with Crippen molar-refractivity contribution in [1.29, 1.82) is 5.26 Å². The van der Waals surface area contributed by atoms with Crippen LogP contribution in [0.3, 0.4) is 0 Å². The second kappa shape index (κ2) is 3.99. The molecular weight excluding hydrogens is 224 g/mol. The smallest absolute Gasteiger partial charge is 0.226 e. The molecule has 0 atom stereocenters. The summed E-state index contributed by atoms with van der Waals surface area (Å²) in [6.45, 7) is 0. The molecule has 2 rings (SSSR count). The maximum atomic E-state index is 11.0. The van der Waals surface area contributed by atoms with Crippen LogP contribution >= 0.6 is 11.6 Å². The van der Waals surface area contributed by atoms with Crippen molar-refractivity contribution >= 4 is 27.7 Å². The van der Waals surface area contributed by atoms with Gasteiger partial charge in [0.15, 0.2) is 0 Å². The summed E-state index contributed by atoms with van der Waals surface area (Å²) in [6, 6.07) is 9.70. The van der Waals surface area contributed by atoms with E-state index in [4.69, 9.17) is 16.9 Å². The summed E-state index contributed by atoms with van der Waals surface area (Å²) in [5.74, 6) is 0. The van der Waals surface area contributed by atoms with E-state index in [0.717, 1.165) is 10.9 Å². The van der Waals surface area contributed by atoms with Gasteiger partial charge in [-0.2, -0.15) is 5.26 Å². The molecule has 1 aromatic carbocycles. The van der Waals surface area contributed by atoms with Crippen LogP contribution in [-0.4, -0.2) is 9.81 Å². The van der Waals surface area contributed by atoms with Crippen molar-refractivity contribution in [2.24, 2.45) is 7.05 Å². The number of rotatable bonds is 2. The summed E-state index contributed by atoms with van der Waals surface area (Å²) < 4.78 is 1.78. The first-order chi connectivity index (χ1) is 7.65. The van der Waals surface area contributed by atoms with Crippen LogP contribution in [0, 0.1) is 11.3 Å². The van der Waals surface area contributed by atoms with Gasteiger partial charge >= 0.3 is 0 Å². The van der Waals surface area contributed by atoms with Crippen molar-refractivity contribution in [3.63, 3.8) is 0 Å². The molecule has 4 heteroatoms. The fraction of sp³-hybridized carbons (Fsp3) is 0.167. The average Bonchev–Trinajstić information content (AvgIpc) is 2.52. The molecule has 0 saturated heterocycles. The highest BCUT2D eigenvalue weighted by Crippen LogP contribution is 2.25. The number of para-hydroxylation sites is 1. The third-order valence-electron chi connectivity index (χ3n) is 2.63. The molecule has 0 saturated carbocycles. The Morgan fingerprint density at radius 1 is 1.50 bits per heavy atom. The molecule has 0 bridgehead atoms. The van der Waals surface area contributed by atoms with E-state index in [-0.39, 0.29) is 6.42 Å². The number of aromatic nitrogens is 1. The zero-order valence-corrected chi connectivity index (χ0v) is 9.45. The summed E-state index contributed by atoms with van der Waals surface area (Å²) in [6.07, 6.45) is 0.0891. The number of halogens is 1. The largest absolute Gasteiger partial charge is 0.335 e. The molecule has 2 aromatic rings. The lowest BCUT2D eigenvalue weighted by atomic mass is 10.1. The van der Waals surface area contributed by atoms with Crippen LogP contribution in [0.4, 0.5) is 0 Å². The minimum absolute atomic E-state index is 0.0891. The summed E-state index contributed by atoms with van der Waals surface area (Å²) >= 11 is 5.39. The highest BCUT2D eigenvalue weighted by molar-refractivity contribution is 6.63. The number of nitrogens with zero attached hydrogens (tertiary/aromatic N) is 2. The Kier molecular flexibility index (Phi) is 2.67. The minimum atomic E-state index is -0.451. The Bertz CT molecular complexity index is 607. The molecule has 16 heavy (non-hydrogen) atoms. The van der Waals surface area contributed by atoms with Crippen molar-refractivity contribution in [2.45, 2.75) is 6.42 Å². The highest BCUT2D eigenvalue weighted by atomic mass is 35.5. The summed E-state index contributed by atoms with van der Waals surface area (Å²) in [5.41, 5.74) is 2.14. The van der Waals surface area contributed by atoms with E-state index < -0.39 is 5.24 Å². The van der Waals surface area contributed by atoms with Gasteiger partial charge in [0.05, 0.1) is 6.42 Å². The maximum absolute atomic E-state index is 11.0. The molecule has 80 valence electrons. The molecular formula is C12H9ClN2O. The Morgan fingerprint density at radius 3 is 2.81 bits per heavy atom. The van der Waals surface area contributed by atoms with Crippen LogP contribution in [0.1, 0.15) is 11.3 Å². The average molecular weight is 233 g/mol. The molecule has 0 aliphatic carbocycles. The molecule has 0 fully saturated rings. The Balaban J connectivity index is 2.79. The molecule has 3 nitrogen and oxygen atoms in total. The van der Waals surface area contributed by atoms with E-state index in [1.807, 2.05) is 31.3 Å². The topological polar surface area (TPSA) is 45.8 Å². The van der Waals surface area contributed by atoms with E-state index in [2.05, 4.69) is 6.07 Å². The highest BCUT2D eigenvalue weighted by Gasteiger charge is 2.15. The van der Waals surface area contributed by atoms with Gasteiger partial charge in [-0.1, -0.05) is 18.2 Å². The van der Waals surface area contributed by atoms with Gasteiger partial charge in [0, 0.05) is 23.5 Å². The molecule has 0 aliphatic heterocycles. The molecule has 0 spiro atoms. The number of carbonyl (C=O) groups is 1. The van der Waals surface area contributed by atoms with E-state index in [9.17, 15) is 4.79 Å². The van der Waals surface area contributed by atoms with Gasteiger partial charge in [0.25, 0.3) is 0 Å². The van der Waals surface area contributed by atoms with E-state index >= 15 is 0 Å². The monoisotopic (exact) mass is 232 g/mol. The van der Waals surface area contributed by atoms with Crippen LogP contribution in [0.25, 0.3) is 10.9 Å². The van der Waals surface area contributed by atoms with E-state index in [1.165, 1.54) is 0 Å².